The smallest absolute Gasteiger partial charge is 0.193 e. The van der Waals surface area contributed by atoms with Gasteiger partial charge in [0, 0.05) is 34.4 Å². The fourth-order valence-corrected chi connectivity index (χ4v) is 4.20. The molecule has 0 spiro atoms. The van der Waals surface area contributed by atoms with Gasteiger partial charge in [0.25, 0.3) is 0 Å². The lowest BCUT2D eigenvalue weighted by Crippen LogP contribution is -2.07. The molecule has 0 fully saturated rings. The fourth-order valence-electron chi connectivity index (χ4n) is 4.20. The minimum atomic E-state index is -0.321. The SMILES string of the molecule is COc1ccc(C(=CCc2ccccc2)C(=O)C(=CCc2ccccc2)c2ccc(OC)cc2O)c(O)c1. The second kappa shape index (κ2) is 12.5. The minimum Gasteiger partial charge on any atom is -0.507 e. The molecule has 0 amide bonds. The van der Waals surface area contributed by atoms with Crippen molar-refractivity contribution in [2.45, 2.75) is 12.8 Å². The van der Waals surface area contributed by atoms with E-state index in [1.54, 1.807) is 24.3 Å². The Morgan fingerprint density at radius 1 is 0.632 bits per heavy atom. The highest BCUT2D eigenvalue weighted by molar-refractivity contribution is 6.42. The number of aromatic hydroxyl groups is 2. The molecule has 0 heterocycles. The normalized spacial score (nSPS) is 11.7. The quantitative estimate of drug-likeness (QED) is 0.236. The summed E-state index contributed by atoms with van der Waals surface area (Å²) >= 11 is 0. The first-order valence-corrected chi connectivity index (χ1v) is 12.3. The number of ketones is 1. The van der Waals surface area contributed by atoms with Gasteiger partial charge in [-0.2, -0.15) is 0 Å². The summed E-state index contributed by atoms with van der Waals surface area (Å²) in [5.74, 6) is 0.497. The predicted octanol–water partition coefficient (Wildman–Crippen LogP) is 6.64. The highest BCUT2D eigenvalue weighted by Gasteiger charge is 2.23. The summed E-state index contributed by atoms with van der Waals surface area (Å²) < 4.78 is 10.5. The molecule has 0 atom stereocenters. The van der Waals surface area contributed by atoms with Gasteiger partial charge in [-0.3, -0.25) is 4.79 Å². The zero-order chi connectivity index (χ0) is 26.9. The van der Waals surface area contributed by atoms with Gasteiger partial charge >= 0.3 is 0 Å². The van der Waals surface area contributed by atoms with Gasteiger partial charge in [0.2, 0.25) is 0 Å². The molecular weight excluding hydrogens is 476 g/mol. The Bertz CT molecular complexity index is 1340. The van der Waals surface area contributed by atoms with E-state index >= 15 is 0 Å². The summed E-state index contributed by atoms with van der Waals surface area (Å²) in [6, 6.07) is 29.3. The van der Waals surface area contributed by atoms with E-state index in [2.05, 4.69) is 0 Å². The maximum absolute atomic E-state index is 14.3. The van der Waals surface area contributed by atoms with Crippen molar-refractivity contribution in [3.05, 3.63) is 131 Å². The highest BCUT2D eigenvalue weighted by Crippen LogP contribution is 2.36. The van der Waals surface area contributed by atoms with E-state index < -0.39 is 0 Å². The third-order valence-electron chi connectivity index (χ3n) is 6.25. The standard InChI is InChI=1S/C33H30O5/c1-37-25-15-19-27(31(34)21-25)29(17-13-23-9-5-3-6-10-23)33(36)30(18-14-24-11-7-4-8-12-24)28-20-16-26(38-2)22-32(28)35/h3-12,15-22,34-35H,13-14H2,1-2H3. The molecule has 192 valence electrons. The van der Waals surface area contributed by atoms with Crippen LogP contribution in [0.2, 0.25) is 0 Å². The van der Waals surface area contributed by atoms with Crippen LogP contribution < -0.4 is 9.47 Å². The molecule has 2 N–H and O–H groups in total. The topological polar surface area (TPSA) is 76.0 Å². The minimum absolute atomic E-state index is 0.0710. The number of methoxy groups -OCH3 is 2. The Labute approximate surface area is 222 Å². The van der Waals surface area contributed by atoms with Crippen molar-refractivity contribution in [1.29, 1.82) is 0 Å². The van der Waals surface area contributed by atoms with E-state index in [1.165, 1.54) is 26.4 Å². The van der Waals surface area contributed by atoms with Gasteiger partial charge in [-0.25, -0.2) is 0 Å². The predicted molar refractivity (Wildman–Crippen MR) is 151 cm³/mol. The van der Waals surface area contributed by atoms with Crippen molar-refractivity contribution in [3.8, 4) is 23.0 Å². The van der Waals surface area contributed by atoms with Crippen molar-refractivity contribution in [2.24, 2.45) is 0 Å². The van der Waals surface area contributed by atoms with E-state index in [0.717, 1.165) is 11.1 Å². The fraction of sp³-hybridized carbons (Fsp3) is 0.121. The van der Waals surface area contributed by atoms with E-state index in [0.29, 0.717) is 46.6 Å². The number of benzene rings is 4. The molecule has 0 aliphatic carbocycles. The molecule has 4 aromatic carbocycles. The van der Waals surface area contributed by atoms with E-state index in [-0.39, 0.29) is 17.3 Å². The van der Waals surface area contributed by atoms with Crippen LogP contribution in [0.15, 0.2) is 109 Å². The number of phenols is 2. The third-order valence-corrected chi connectivity index (χ3v) is 6.25. The summed E-state index contributed by atoms with van der Waals surface area (Å²) in [6.07, 6.45) is 4.59. The second-order valence-electron chi connectivity index (χ2n) is 8.71. The van der Waals surface area contributed by atoms with E-state index in [9.17, 15) is 15.0 Å². The number of hydrogen-bond acceptors (Lipinski definition) is 5. The molecule has 0 radical (unpaired) electrons. The van der Waals surface area contributed by atoms with Gasteiger partial charge in [-0.15, -0.1) is 0 Å². The molecule has 5 heteroatoms. The number of allylic oxidation sites excluding steroid dienone is 4. The monoisotopic (exact) mass is 506 g/mol. The number of carbonyl (C=O) groups excluding carboxylic acids is 1. The van der Waals surface area contributed by atoms with Crippen LogP contribution in [0.1, 0.15) is 22.3 Å². The molecule has 0 unspecified atom stereocenters. The average molecular weight is 507 g/mol. The summed E-state index contributed by atoms with van der Waals surface area (Å²) in [6.45, 7) is 0. The lowest BCUT2D eigenvalue weighted by molar-refractivity contribution is -0.108. The summed E-state index contributed by atoms with van der Waals surface area (Å²) in [7, 11) is 3.03. The van der Waals surface area contributed by atoms with Crippen molar-refractivity contribution in [2.75, 3.05) is 14.2 Å². The van der Waals surface area contributed by atoms with Crippen LogP contribution in [0, 0.1) is 0 Å². The van der Waals surface area contributed by atoms with Gasteiger partial charge in [0.1, 0.15) is 23.0 Å². The van der Waals surface area contributed by atoms with Crippen LogP contribution in [0.5, 0.6) is 23.0 Å². The molecule has 5 nitrogen and oxygen atoms in total. The number of Topliss-reactive ketones (excluding diaryl/α,β-unsaturated/α-hetero) is 1. The molecule has 0 saturated carbocycles. The van der Waals surface area contributed by atoms with Gasteiger partial charge in [-0.05, 0) is 48.2 Å². The van der Waals surface area contributed by atoms with Crippen LogP contribution in [0.3, 0.4) is 0 Å². The lowest BCUT2D eigenvalue weighted by atomic mass is 9.89. The number of rotatable bonds is 10. The number of phenolic OH excluding ortho intramolecular Hbond substituents is 2. The van der Waals surface area contributed by atoms with Crippen molar-refractivity contribution in [3.63, 3.8) is 0 Å². The Kier molecular flexibility index (Phi) is 8.62. The first kappa shape index (κ1) is 26.3. The molecule has 4 aromatic rings. The highest BCUT2D eigenvalue weighted by atomic mass is 16.5. The molecule has 38 heavy (non-hydrogen) atoms. The van der Waals surface area contributed by atoms with Gasteiger partial charge in [-0.1, -0.05) is 72.8 Å². The van der Waals surface area contributed by atoms with Gasteiger partial charge in [0.05, 0.1) is 14.2 Å². The maximum atomic E-state index is 14.3. The van der Waals surface area contributed by atoms with Crippen LogP contribution in [-0.2, 0) is 17.6 Å². The lowest BCUT2D eigenvalue weighted by Gasteiger charge is -2.15. The Balaban J connectivity index is 1.84. The number of carbonyl (C=O) groups is 1. The maximum Gasteiger partial charge on any atom is 0.193 e. The van der Waals surface area contributed by atoms with Crippen molar-refractivity contribution in [1.82, 2.24) is 0 Å². The number of hydrogen-bond donors (Lipinski definition) is 2. The number of ether oxygens (including phenoxy) is 2. The zero-order valence-electron chi connectivity index (χ0n) is 21.4. The molecule has 0 bridgehead atoms. The first-order valence-electron chi connectivity index (χ1n) is 12.3. The van der Waals surface area contributed by atoms with Crippen molar-refractivity contribution >= 4 is 16.9 Å². The second-order valence-corrected chi connectivity index (χ2v) is 8.71. The van der Waals surface area contributed by atoms with Crippen LogP contribution in [0.4, 0.5) is 0 Å². The molecule has 4 rings (SSSR count). The third kappa shape index (κ3) is 6.31. The summed E-state index contributed by atoms with van der Waals surface area (Å²) in [5, 5.41) is 21.7. The van der Waals surface area contributed by atoms with Crippen LogP contribution in [-0.4, -0.2) is 30.2 Å². The van der Waals surface area contributed by atoms with Crippen LogP contribution in [0.25, 0.3) is 11.1 Å². The Hall–Kier alpha value is -4.77. The summed E-state index contributed by atoms with van der Waals surface area (Å²) in [5.41, 5.74) is 3.45. The summed E-state index contributed by atoms with van der Waals surface area (Å²) in [4.78, 5) is 14.3. The zero-order valence-corrected chi connectivity index (χ0v) is 21.4. The van der Waals surface area contributed by atoms with E-state index in [1.807, 2.05) is 72.8 Å². The first-order chi connectivity index (χ1) is 18.5. The van der Waals surface area contributed by atoms with E-state index in [4.69, 9.17) is 9.47 Å². The molecule has 0 aliphatic rings. The molecular formula is C33H30O5. The molecule has 0 saturated heterocycles. The van der Waals surface area contributed by atoms with Crippen LogP contribution >= 0.6 is 0 Å². The van der Waals surface area contributed by atoms with Crippen molar-refractivity contribution < 1.29 is 24.5 Å². The molecule has 0 aromatic heterocycles. The Morgan fingerprint density at radius 2 is 1.03 bits per heavy atom. The largest absolute Gasteiger partial charge is 0.507 e. The molecule has 0 aliphatic heterocycles. The average Bonchev–Trinajstić information content (AvgIpc) is 2.95. The van der Waals surface area contributed by atoms with Gasteiger partial charge in [0.15, 0.2) is 5.78 Å². The Morgan fingerprint density at radius 3 is 1.37 bits per heavy atom. The van der Waals surface area contributed by atoms with Gasteiger partial charge < -0.3 is 19.7 Å².